The highest BCUT2D eigenvalue weighted by atomic mass is 79.9. The number of benzene rings is 1. The van der Waals surface area contributed by atoms with Crippen molar-refractivity contribution in [1.82, 2.24) is 0 Å². The van der Waals surface area contributed by atoms with Crippen LogP contribution in [0.1, 0.15) is 19.4 Å². The molecule has 0 bridgehead atoms. The van der Waals surface area contributed by atoms with Gasteiger partial charge >= 0.3 is 5.97 Å². The summed E-state index contributed by atoms with van der Waals surface area (Å²) >= 11 is 3.47. The molecule has 19 heavy (non-hydrogen) atoms. The summed E-state index contributed by atoms with van der Waals surface area (Å²) in [6.07, 6.45) is 0.776. The van der Waals surface area contributed by atoms with E-state index in [1.165, 1.54) is 7.11 Å². The lowest BCUT2D eigenvalue weighted by atomic mass is 9.95. The minimum atomic E-state index is -0.671. The van der Waals surface area contributed by atoms with E-state index in [-0.39, 0.29) is 12.6 Å². The molecule has 0 fully saturated rings. The predicted octanol–water partition coefficient (Wildman–Crippen LogP) is 2.53. The molecule has 0 aliphatic carbocycles. The summed E-state index contributed by atoms with van der Waals surface area (Å²) in [7, 11) is 1.38. The molecule has 0 radical (unpaired) electrons. The molecule has 0 spiro atoms. The van der Waals surface area contributed by atoms with Gasteiger partial charge in [-0.15, -0.1) is 0 Å². The van der Waals surface area contributed by atoms with E-state index < -0.39 is 5.41 Å². The van der Waals surface area contributed by atoms with Crippen LogP contribution in [0.2, 0.25) is 0 Å². The quantitative estimate of drug-likeness (QED) is 0.814. The first-order chi connectivity index (χ1) is 8.90. The number of hydrogen-bond donors (Lipinski definition) is 1. The SMILES string of the molecule is COC(=O)C(C)(C)COc1ccc(Br)c(CCN)c1. The van der Waals surface area contributed by atoms with E-state index in [1.54, 1.807) is 13.8 Å². The van der Waals surface area contributed by atoms with Crippen LogP contribution in [0.25, 0.3) is 0 Å². The van der Waals surface area contributed by atoms with Crippen LogP contribution in [-0.4, -0.2) is 26.2 Å². The van der Waals surface area contributed by atoms with Crippen LogP contribution in [0.5, 0.6) is 5.75 Å². The topological polar surface area (TPSA) is 61.5 Å². The first kappa shape index (κ1) is 16.0. The first-order valence-corrected chi connectivity index (χ1v) is 6.89. The van der Waals surface area contributed by atoms with Crippen LogP contribution in [0.4, 0.5) is 0 Å². The first-order valence-electron chi connectivity index (χ1n) is 6.10. The summed E-state index contributed by atoms with van der Waals surface area (Å²) in [5.41, 5.74) is 5.98. The van der Waals surface area contributed by atoms with Crippen LogP contribution in [0, 0.1) is 5.41 Å². The molecule has 1 aromatic carbocycles. The van der Waals surface area contributed by atoms with E-state index in [9.17, 15) is 4.79 Å². The summed E-state index contributed by atoms with van der Waals surface area (Å²) in [6.45, 7) is 4.43. The maximum absolute atomic E-state index is 11.6. The zero-order chi connectivity index (χ0) is 14.5. The van der Waals surface area contributed by atoms with Gasteiger partial charge < -0.3 is 15.2 Å². The van der Waals surface area contributed by atoms with E-state index >= 15 is 0 Å². The molecule has 0 unspecified atom stereocenters. The van der Waals surface area contributed by atoms with Gasteiger partial charge in [0.05, 0.1) is 12.5 Å². The summed E-state index contributed by atoms with van der Waals surface area (Å²) < 4.78 is 11.4. The van der Waals surface area contributed by atoms with Crippen molar-refractivity contribution in [3.63, 3.8) is 0 Å². The molecule has 1 aromatic rings. The van der Waals surface area contributed by atoms with Crippen molar-refractivity contribution in [2.24, 2.45) is 11.1 Å². The minimum absolute atomic E-state index is 0.267. The molecule has 0 amide bonds. The maximum atomic E-state index is 11.6. The fourth-order valence-electron chi connectivity index (χ4n) is 1.59. The number of carbonyl (C=O) groups is 1. The number of hydrogen-bond acceptors (Lipinski definition) is 4. The summed E-state index contributed by atoms with van der Waals surface area (Å²) in [6, 6.07) is 5.72. The van der Waals surface area contributed by atoms with Gasteiger partial charge in [0.15, 0.2) is 0 Å². The predicted molar refractivity (Wildman–Crippen MR) is 78.2 cm³/mol. The highest BCUT2D eigenvalue weighted by Crippen LogP contribution is 2.25. The van der Waals surface area contributed by atoms with Crippen molar-refractivity contribution in [3.05, 3.63) is 28.2 Å². The number of esters is 1. The van der Waals surface area contributed by atoms with Gasteiger partial charge in [-0.25, -0.2) is 0 Å². The largest absolute Gasteiger partial charge is 0.492 e. The Morgan fingerprint density at radius 2 is 2.11 bits per heavy atom. The number of nitrogens with two attached hydrogens (primary N) is 1. The van der Waals surface area contributed by atoms with Gasteiger partial charge in [0.2, 0.25) is 0 Å². The summed E-state index contributed by atoms with van der Waals surface area (Å²) in [4.78, 5) is 11.6. The van der Waals surface area contributed by atoms with E-state index in [4.69, 9.17) is 15.2 Å². The van der Waals surface area contributed by atoms with Crippen molar-refractivity contribution in [2.45, 2.75) is 20.3 Å². The van der Waals surface area contributed by atoms with Gasteiger partial charge in [0, 0.05) is 4.47 Å². The molecule has 0 atom stereocenters. The van der Waals surface area contributed by atoms with Gasteiger partial charge in [-0.3, -0.25) is 4.79 Å². The Labute approximate surface area is 122 Å². The lowest BCUT2D eigenvalue weighted by Crippen LogP contribution is -2.32. The zero-order valence-electron chi connectivity index (χ0n) is 11.5. The molecular weight excluding hydrogens is 310 g/mol. The standard InChI is InChI=1S/C14H20BrNO3/c1-14(2,13(17)18-3)9-19-11-4-5-12(15)10(8-11)6-7-16/h4-5,8H,6-7,9,16H2,1-3H3. The molecule has 2 N–H and O–H groups in total. The van der Waals surface area contributed by atoms with E-state index in [0.717, 1.165) is 22.2 Å². The highest BCUT2D eigenvalue weighted by molar-refractivity contribution is 9.10. The third kappa shape index (κ3) is 4.51. The van der Waals surface area contributed by atoms with Crippen LogP contribution in [0.3, 0.4) is 0 Å². The monoisotopic (exact) mass is 329 g/mol. The Balaban J connectivity index is 2.73. The van der Waals surface area contributed by atoms with Crippen molar-refractivity contribution in [1.29, 1.82) is 0 Å². The van der Waals surface area contributed by atoms with E-state index in [1.807, 2.05) is 18.2 Å². The lowest BCUT2D eigenvalue weighted by molar-refractivity contribution is -0.152. The molecule has 0 aliphatic heterocycles. The third-order valence-electron chi connectivity index (χ3n) is 2.77. The molecule has 0 aliphatic rings. The lowest BCUT2D eigenvalue weighted by Gasteiger charge is -2.22. The Morgan fingerprint density at radius 3 is 2.68 bits per heavy atom. The molecule has 0 heterocycles. The molecule has 0 aromatic heterocycles. The molecule has 0 saturated carbocycles. The number of halogens is 1. The average Bonchev–Trinajstić information content (AvgIpc) is 2.39. The van der Waals surface area contributed by atoms with Crippen molar-refractivity contribution < 1.29 is 14.3 Å². The van der Waals surface area contributed by atoms with Crippen LogP contribution < -0.4 is 10.5 Å². The third-order valence-corrected chi connectivity index (χ3v) is 3.54. The molecule has 0 saturated heterocycles. The summed E-state index contributed by atoms with van der Waals surface area (Å²) in [5, 5.41) is 0. The minimum Gasteiger partial charge on any atom is -0.492 e. The number of rotatable bonds is 6. The molecule has 4 nitrogen and oxygen atoms in total. The van der Waals surface area contributed by atoms with Gasteiger partial charge in [-0.05, 0) is 50.6 Å². The summed E-state index contributed by atoms with van der Waals surface area (Å²) in [5.74, 6) is 0.440. The number of carbonyl (C=O) groups excluding carboxylic acids is 1. The maximum Gasteiger partial charge on any atom is 0.314 e. The van der Waals surface area contributed by atoms with Gasteiger partial charge in [0.25, 0.3) is 0 Å². The fourth-order valence-corrected chi connectivity index (χ4v) is 2.03. The van der Waals surface area contributed by atoms with Crippen LogP contribution >= 0.6 is 15.9 Å². The molecule has 1 rings (SSSR count). The fraction of sp³-hybridized carbons (Fsp3) is 0.500. The van der Waals surface area contributed by atoms with Crippen molar-refractivity contribution >= 4 is 21.9 Å². The number of methoxy groups -OCH3 is 1. The van der Waals surface area contributed by atoms with Crippen molar-refractivity contribution in [3.8, 4) is 5.75 Å². The Morgan fingerprint density at radius 1 is 1.42 bits per heavy atom. The average molecular weight is 330 g/mol. The van der Waals surface area contributed by atoms with Crippen molar-refractivity contribution in [2.75, 3.05) is 20.3 Å². The molecule has 106 valence electrons. The van der Waals surface area contributed by atoms with Crippen LogP contribution in [0.15, 0.2) is 22.7 Å². The highest BCUT2D eigenvalue weighted by Gasteiger charge is 2.29. The Hall–Kier alpha value is -1.07. The zero-order valence-corrected chi connectivity index (χ0v) is 13.1. The number of ether oxygens (including phenoxy) is 2. The second-order valence-corrected chi connectivity index (χ2v) is 5.81. The normalized spacial score (nSPS) is 11.2. The van der Waals surface area contributed by atoms with E-state index in [2.05, 4.69) is 15.9 Å². The van der Waals surface area contributed by atoms with Gasteiger partial charge in [-0.2, -0.15) is 0 Å². The van der Waals surface area contributed by atoms with Gasteiger partial charge in [-0.1, -0.05) is 15.9 Å². The Kier molecular flexibility index (Phi) is 5.82. The van der Waals surface area contributed by atoms with E-state index in [0.29, 0.717) is 6.54 Å². The molecule has 5 heteroatoms. The van der Waals surface area contributed by atoms with Crippen LogP contribution in [-0.2, 0) is 16.0 Å². The van der Waals surface area contributed by atoms with Gasteiger partial charge in [0.1, 0.15) is 12.4 Å². The second kappa shape index (κ2) is 6.91. The molecular formula is C14H20BrNO3. The second-order valence-electron chi connectivity index (χ2n) is 4.96. The Bertz CT molecular complexity index is 446. The smallest absolute Gasteiger partial charge is 0.314 e.